The predicted molar refractivity (Wildman–Crippen MR) is 96.9 cm³/mol. The first-order valence-corrected chi connectivity index (χ1v) is 8.63. The van der Waals surface area contributed by atoms with Crippen LogP contribution in [0.1, 0.15) is 39.9 Å². The summed E-state index contributed by atoms with van der Waals surface area (Å²) in [6.45, 7) is 2.55. The van der Waals surface area contributed by atoms with Gasteiger partial charge in [0.25, 0.3) is 0 Å². The van der Waals surface area contributed by atoms with Gasteiger partial charge in [-0.15, -0.1) is 0 Å². The van der Waals surface area contributed by atoms with E-state index in [1.54, 1.807) is 18.2 Å². The minimum atomic E-state index is -0.909. The number of hydrogen-bond acceptors (Lipinski definition) is 3. The summed E-state index contributed by atoms with van der Waals surface area (Å²) in [4.78, 5) is 13.8. The first-order valence-electron chi connectivity index (χ1n) is 8.63. The summed E-state index contributed by atoms with van der Waals surface area (Å²) in [5.41, 5.74) is 6.08. The van der Waals surface area contributed by atoms with Gasteiger partial charge in [-0.2, -0.15) is 0 Å². The molecule has 1 N–H and O–H groups in total. The van der Waals surface area contributed by atoms with Gasteiger partial charge in [0.1, 0.15) is 12.4 Å². The van der Waals surface area contributed by atoms with E-state index in [9.17, 15) is 9.90 Å². The van der Waals surface area contributed by atoms with Crippen LogP contribution in [0.3, 0.4) is 0 Å². The topological polar surface area (TPSA) is 49.8 Å². The van der Waals surface area contributed by atoms with Crippen LogP contribution in [0, 0.1) is 0 Å². The summed E-state index contributed by atoms with van der Waals surface area (Å²) in [5, 5.41) is 9.42. The number of benzene rings is 2. The van der Waals surface area contributed by atoms with E-state index in [1.807, 2.05) is 12.1 Å². The molecule has 0 aliphatic carbocycles. The number of ether oxygens (including phenoxy) is 1. The molecule has 4 rings (SSSR count). The Labute approximate surface area is 147 Å². The number of aromatic carboxylic acids is 1. The molecule has 0 atom stereocenters. The Morgan fingerprint density at radius 1 is 1.08 bits per heavy atom. The van der Waals surface area contributed by atoms with Gasteiger partial charge in [0.05, 0.1) is 5.56 Å². The number of fused-ring (bicyclic) bond motifs is 2. The van der Waals surface area contributed by atoms with Gasteiger partial charge < -0.3 is 14.7 Å². The Kier molecular flexibility index (Phi) is 4.06. The van der Waals surface area contributed by atoms with Gasteiger partial charge in [0, 0.05) is 18.7 Å². The highest BCUT2D eigenvalue weighted by atomic mass is 16.5. The summed E-state index contributed by atoms with van der Waals surface area (Å²) in [7, 11) is 2.14. The molecule has 2 aromatic carbocycles. The highest BCUT2D eigenvalue weighted by Crippen LogP contribution is 2.41. The Bertz CT molecular complexity index is 859. The van der Waals surface area contributed by atoms with Crippen molar-refractivity contribution < 1.29 is 14.6 Å². The van der Waals surface area contributed by atoms with Crippen LogP contribution in [0.2, 0.25) is 0 Å². The average Bonchev–Trinajstić information content (AvgIpc) is 2.79. The lowest BCUT2D eigenvalue weighted by Crippen LogP contribution is -2.27. The van der Waals surface area contributed by atoms with Gasteiger partial charge in [-0.3, -0.25) is 0 Å². The number of nitrogens with zero attached hydrogens (tertiary/aromatic N) is 1. The standard InChI is InChI=1S/C21H21NO3/c1-22-10-8-14(9-11-22)20-17-5-3-2-4-16(17)13-25-19-7-6-15(21(23)24)12-18(19)20/h2-7,12H,8-11,13H2,1H3,(H,23,24). The maximum absolute atomic E-state index is 11.5. The zero-order chi connectivity index (χ0) is 17.4. The minimum Gasteiger partial charge on any atom is -0.488 e. The van der Waals surface area contributed by atoms with Crippen LogP contribution in [0.15, 0.2) is 48.0 Å². The number of rotatable bonds is 1. The van der Waals surface area contributed by atoms with Crippen LogP contribution in [-0.4, -0.2) is 36.1 Å². The molecule has 0 unspecified atom stereocenters. The van der Waals surface area contributed by atoms with Crippen LogP contribution < -0.4 is 4.74 Å². The van der Waals surface area contributed by atoms with E-state index in [0.717, 1.165) is 42.8 Å². The number of carboxylic acids is 1. The molecule has 2 heterocycles. The molecule has 2 aromatic rings. The van der Waals surface area contributed by atoms with Gasteiger partial charge in [0.2, 0.25) is 0 Å². The average molecular weight is 335 g/mol. The van der Waals surface area contributed by atoms with E-state index in [4.69, 9.17) is 4.74 Å². The molecule has 1 fully saturated rings. The normalized spacial score (nSPS) is 17.3. The lowest BCUT2D eigenvalue weighted by atomic mass is 9.86. The van der Waals surface area contributed by atoms with E-state index in [2.05, 4.69) is 24.1 Å². The first kappa shape index (κ1) is 15.9. The smallest absolute Gasteiger partial charge is 0.335 e. The molecule has 0 radical (unpaired) electrons. The summed E-state index contributed by atoms with van der Waals surface area (Å²) >= 11 is 0. The van der Waals surface area contributed by atoms with E-state index in [-0.39, 0.29) is 0 Å². The van der Waals surface area contributed by atoms with E-state index >= 15 is 0 Å². The van der Waals surface area contributed by atoms with Crippen LogP contribution in [-0.2, 0) is 6.61 Å². The molecule has 0 bridgehead atoms. The number of carboxylic acid groups (broad SMARTS) is 1. The fourth-order valence-electron chi connectivity index (χ4n) is 3.69. The molecular weight excluding hydrogens is 314 g/mol. The Hall–Kier alpha value is -2.59. The SMILES string of the molecule is CN1CCC(=C2c3ccccc3COc3ccc(C(=O)O)cc32)CC1. The minimum absolute atomic E-state index is 0.299. The molecule has 4 heteroatoms. The fourth-order valence-corrected chi connectivity index (χ4v) is 3.69. The molecule has 0 spiro atoms. The zero-order valence-corrected chi connectivity index (χ0v) is 14.3. The second-order valence-electron chi connectivity index (χ2n) is 6.74. The Morgan fingerprint density at radius 3 is 2.60 bits per heavy atom. The zero-order valence-electron chi connectivity index (χ0n) is 14.3. The highest BCUT2D eigenvalue weighted by Gasteiger charge is 2.24. The molecule has 0 aromatic heterocycles. The largest absolute Gasteiger partial charge is 0.488 e. The number of hydrogen-bond donors (Lipinski definition) is 1. The quantitative estimate of drug-likeness (QED) is 0.861. The summed E-state index contributed by atoms with van der Waals surface area (Å²) in [6, 6.07) is 13.5. The molecule has 128 valence electrons. The van der Waals surface area contributed by atoms with Crippen molar-refractivity contribution in [2.75, 3.05) is 20.1 Å². The molecule has 2 aliphatic heterocycles. The summed E-state index contributed by atoms with van der Waals surface area (Å²) in [5.74, 6) is -0.143. The van der Waals surface area contributed by atoms with Gasteiger partial charge in [-0.25, -0.2) is 4.79 Å². The molecule has 1 saturated heterocycles. The summed E-state index contributed by atoms with van der Waals surface area (Å²) < 4.78 is 6.01. The first-order chi connectivity index (χ1) is 12.1. The third-order valence-corrected chi connectivity index (χ3v) is 5.11. The second-order valence-corrected chi connectivity index (χ2v) is 6.74. The van der Waals surface area contributed by atoms with Crippen molar-refractivity contribution in [3.05, 3.63) is 70.3 Å². The monoisotopic (exact) mass is 335 g/mol. The van der Waals surface area contributed by atoms with E-state index in [1.165, 1.54) is 16.7 Å². The van der Waals surface area contributed by atoms with Crippen molar-refractivity contribution in [2.45, 2.75) is 19.4 Å². The predicted octanol–water partition coefficient (Wildman–Crippen LogP) is 3.80. The number of carbonyl (C=O) groups is 1. The Balaban J connectivity index is 1.95. The highest BCUT2D eigenvalue weighted by molar-refractivity contribution is 5.93. The maximum atomic E-state index is 11.5. The maximum Gasteiger partial charge on any atom is 0.335 e. The number of likely N-dealkylation sites (tertiary alicyclic amines) is 1. The second kappa shape index (κ2) is 6.37. The van der Waals surface area contributed by atoms with Crippen LogP contribution in [0.4, 0.5) is 0 Å². The van der Waals surface area contributed by atoms with Crippen molar-refractivity contribution in [2.24, 2.45) is 0 Å². The molecular formula is C21H21NO3. The third kappa shape index (κ3) is 2.94. The van der Waals surface area contributed by atoms with Crippen molar-refractivity contribution in [1.82, 2.24) is 4.90 Å². The van der Waals surface area contributed by atoms with Gasteiger partial charge in [0.15, 0.2) is 0 Å². The van der Waals surface area contributed by atoms with Crippen molar-refractivity contribution >= 4 is 11.5 Å². The molecule has 0 amide bonds. The van der Waals surface area contributed by atoms with Crippen LogP contribution in [0.5, 0.6) is 5.75 Å². The lowest BCUT2D eigenvalue weighted by molar-refractivity contribution is 0.0697. The Morgan fingerprint density at radius 2 is 1.84 bits per heavy atom. The van der Waals surface area contributed by atoms with Gasteiger partial charge in [-0.1, -0.05) is 29.8 Å². The van der Waals surface area contributed by atoms with Crippen LogP contribution in [0.25, 0.3) is 5.57 Å². The molecule has 25 heavy (non-hydrogen) atoms. The van der Waals surface area contributed by atoms with E-state index < -0.39 is 5.97 Å². The molecule has 0 saturated carbocycles. The van der Waals surface area contributed by atoms with Gasteiger partial charge >= 0.3 is 5.97 Å². The van der Waals surface area contributed by atoms with Crippen molar-refractivity contribution in [1.29, 1.82) is 0 Å². The fraction of sp³-hybridized carbons (Fsp3) is 0.286. The molecule has 4 nitrogen and oxygen atoms in total. The van der Waals surface area contributed by atoms with Crippen molar-refractivity contribution in [3.8, 4) is 5.75 Å². The third-order valence-electron chi connectivity index (χ3n) is 5.11. The molecule has 2 aliphatic rings. The van der Waals surface area contributed by atoms with Crippen molar-refractivity contribution in [3.63, 3.8) is 0 Å². The van der Waals surface area contributed by atoms with Crippen LogP contribution >= 0.6 is 0 Å². The van der Waals surface area contributed by atoms with E-state index in [0.29, 0.717) is 12.2 Å². The lowest BCUT2D eigenvalue weighted by Gasteiger charge is -2.27. The number of piperidine rings is 1. The summed E-state index contributed by atoms with van der Waals surface area (Å²) in [6.07, 6.45) is 1.99. The van der Waals surface area contributed by atoms with Gasteiger partial charge in [-0.05, 0) is 54.8 Å².